The first kappa shape index (κ1) is 13.1. The topological polar surface area (TPSA) is 44.1 Å². The summed E-state index contributed by atoms with van der Waals surface area (Å²) in [6.07, 6.45) is 0.491. The van der Waals surface area contributed by atoms with Crippen molar-refractivity contribution in [2.45, 2.75) is 34.1 Å². The summed E-state index contributed by atoms with van der Waals surface area (Å²) < 4.78 is 0. The van der Waals surface area contributed by atoms with Gasteiger partial charge in [0.05, 0.1) is 12.6 Å². The first-order valence-corrected chi connectivity index (χ1v) is 5.04. The van der Waals surface area contributed by atoms with Gasteiger partial charge in [-0.15, -0.1) is 0 Å². The first-order chi connectivity index (χ1) is 6.41. The number of ketones is 1. The van der Waals surface area contributed by atoms with E-state index >= 15 is 0 Å². The molecule has 0 rings (SSSR count). The van der Waals surface area contributed by atoms with E-state index in [1.54, 1.807) is 0 Å². The highest BCUT2D eigenvalue weighted by Gasteiger charge is 2.22. The summed E-state index contributed by atoms with van der Waals surface area (Å²) in [5.41, 5.74) is -0.278. The van der Waals surface area contributed by atoms with Crippen LogP contribution < -0.4 is 0 Å². The van der Waals surface area contributed by atoms with E-state index in [1.807, 2.05) is 32.6 Å². The van der Waals surface area contributed by atoms with Crippen molar-refractivity contribution in [1.29, 1.82) is 5.26 Å². The van der Waals surface area contributed by atoms with E-state index in [0.717, 1.165) is 6.54 Å². The second kappa shape index (κ2) is 5.77. The minimum absolute atomic E-state index is 0.234. The SMILES string of the molecule is CCN(CCC#N)CC(=O)C(C)(C)C. The van der Waals surface area contributed by atoms with Gasteiger partial charge in [0.1, 0.15) is 0 Å². The summed E-state index contributed by atoms with van der Waals surface area (Å²) in [6, 6.07) is 2.09. The molecule has 0 bridgehead atoms. The highest BCUT2D eigenvalue weighted by atomic mass is 16.1. The average Bonchev–Trinajstić information content (AvgIpc) is 2.10. The molecule has 0 radical (unpaired) electrons. The molecule has 0 atom stereocenters. The summed E-state index contributed by atoms with van der Waals surface area (Å²) in [5, 5.41) is 8.44. The lowest BCUT2D eigenvalue weighted by molar-refractivity contribution is -0.127. The molecule has 3 nitrogen and oxygen atoms in total. The Hall–Kier alpha value is -0.880. The maximum atomic E-state index is 11.7. The highest BCUT2D eigenvalue weighted by molar-refractivity contribution is 5.85. The lowest BCUT2D eigenvalue weighted by Crippen LogP contribution is -2.36. The van der Waals surface area contributed by atoms with Gasteiger partial charge in [0.15, 0.2) is 5.78 Å². The maximum Gasteiger partial charge on any atom is 0.152 e. The third kappa shape index (κ3) is 4.98. The summed E-state index contributed by atoms with van der Waals surface area (Å²) in [6.45, 7) is 9.75. The third-order valence-corrected chi connectivity index (χ3v) is 2.19. The van der Waals surface area contributed by atoms with Crippen molar-refractivity contribution < 1.29 is 4.79 Å². The molecule has 0 heterocycles. The van der Waals surface area contributed by atoms with Crippen molar-refractivity contribution in [1.82, 2.24) is 4.90 Å². The molecule has 0 N–H and O–H groups in total. The number of rotatable bonds is 5. The zero-order valence-corrected chi connectivity index (χ0v) is 9.63. The van der Waals surface area contributed by atoms with Gasteiger partial charge in [-0.1, -0.05) is 27.7 Å². The minimum Gasteiger partial charge on any atom is -0.298 e. The zero-order chi connectivity index (χ0) is 11.2. The number of hydrogen-bond acceptors (Lipinski definition) is 3. The van der Waals surface area contributed by atoms with Gasteiger partial charge in [0.2, 0.25) is 0 Å². The van der Waals surface area contributed by atoms with Crippen LogP contribution in [-0.2, 0) is 4.79 Å². The van der Waals surface area contributed by atoms with E-state index < -0.39 is 0 Å². The highest BCUT2D eigenvalue weighted by Crippen LogP contribution is 2.15. The molecule has 0 spiro atoms. The third-order valence-electron chi connectivity index (χ3n) is 2.19. The molecule has 0 aliphatic heterocycles. The summed E-state index contributed by atoms with van der Waals surface area (Å²) in [7, 11) is 0. The van der Waals surface area contributed by atoms with Crippen LogP contribution in [0, 0.1) is 16.7 Å². The Morgan fingerprint density at radius 2 is 2.00 bits per heavy atom. The number of hydrogen-bond donors (Lipinski definition) is 0. The molecule has 0 aromatic heterocycles. The summed E-state index contributed by atoms with van der Waals surface area (Å²) >= 11 is 0. The number of Topliss-reactive ketones (excluding diaryl/α,β-unsaturated/α-hetero) is 1. The van der Waals surface area contributed by atoms with E-state index in [1.165, 1.54) is 0 Å². The van der Waals surface area contributed by atoms with Gasteiger partial charge in [0, 0.05) is 18.4 Å². The average molecular weight is 196 g/mol. The van der Waals surface area contributed by atoms with E-state index in [2.05, 4.69) is 6.07 Å². The van der Waals surface area contributed by atoms with Crippen LogP contribution in [0.4, 0.5) is 0 Å². The van der Waals surface area contributed by atoms with E-state index in [9.17, 15) is 4.79 Å². The van der Waals surface area contributed by atoms with Crippen LogP contribution in [0.5, 0.6) is 0 Å². The van der Waals surface area contributed by atoms with Gasteiger partial charge in [-0.05, 0) is 6.54 Å². The van der Waals surface area contributed by atoms with Crippen LogP contribution in [0.1, 0.15) is 34.1 Å². The Morgan fingerprint density at radius 1 is 1.43 bits per heavy atom. The summed E-state index contributed by atoms with van der Waals surface area (Å²) in [5.74, 6) is 0.234. The van der Waals surface area contributed by atoms with Crippen molar-refractivity contribution in [3.63, 3.8) is 0 Å². The standard InChI is InChI=1S/C11H20N2O/c1-5-13(8-6-7-12)9-10(14)11(2,3)4/h5-6,8-9H2,1-4H3. The molecule has 0 unspecified atom stereocenters. The molecule has 0 saturated carbocycles. The van der Waals surface area contributed by atoms with Gasteiger partial charge in [-0.25, -0.2) is 0 Å². The minimum atomic E-state index is -0.278. The normalized spacial score (nSPS) is 11.4. The van der Waals surface area contributed by atoms with Gasteiger partial charge < -0.3 is 0 Å². The van der Waals surface area contributed by atoms with Crippen LogP contribution in [0.15, 0.2) is 0 Å². The second-order valence-corrected chi connectivity index (χ2v) is 4.45. The molecule has 0 aromatic carbocycles. The fourth-order valence-corrected chi connectivity index (χ4v) is 0.997. The number of nitrogens with zero attached hydrogens (tertiary/aromatic N) is 2. The molecule has 3 heteroatoms. The molecule has 80 valence electrons. The van der Waals surface area contributed by atoms with Crippen molar-refractivity contribution in [3.8, 4) is 6.07 Å². The van der Waals surface area contributed by atoms with Crippen molar-refractivity contribution in [3.05, 3.63) is 0 Å². The fraction of sp³-hybridized carbons (Fsp3) is 0.818. The Bertz CT molecular complexity index is 222. The first-order valence-electron chi connectivity index (χ1n) is 5.04. The van der Waals surface area contributed by atoms with E-state index in [-0.39, 0.29) is 11.2 Å². The van der Waals surface area contributed by atoms with Gasteiger partial charge in [-0.3, -0.25) is 9.69 Å². The number of nitriles is 1. The fourth-order valence-electron chi connectivity index (χ4n) is 0.997. The number of carbonyl (C=O) groups excluding carboxylic acids is 1. The van der Waals surface area contributed by atoms with E-state index in [4.69, 9.17) is 5.26 Å². The Labute approximate surface area is 86.7 Å². The lowest BCUT2D eigenvalue weighted by atomic mass is 9.90. The lowest BCUT2D eigenvalue weighted by Gasteiger charge is -2.23. The molecule has 0 amide bonds. The molecule has 0 aliphatic rings. The predicted molar refractivity (Wildman–Crippen MR) is 56.8 cm³/mol. The van der Waals surface area contributed by atoms with Crippen LogP contribution in [0.2, 0.25) is 0 Å². The van der Waals surface area contributed by atoms with E-state index in [0.29, 0.717) is 19.5 Å². The zero-order valence-electron chi connectivity index (χ0n) is 9.63. The monoisotopic (exact) mass is 196 g/mol. The molecule has 0 aromatic rings. The van der Waals surface area contributed by atoms with Gasteiger partial charge >= 0.3 is 0 Å². The van der Waals surface area contributed by atoms with Crippen molar-refractivity contribution >= 4 is 5.78 Å². The Morgan fingerprint density at radius 3 is 2.36 bits per heavy atom. The molecular weight excluding hydrogens is 176 g/mol. The van der Waals surface area contributed by atoms with Crippen LogP contribution >= 0.6 is 0 Å². The molecule has 0 fully saturated rings. The number of likely N-dealkylation sites (N-methyl/N-ethyl adjacent to an activating group) is 1. The molecule has 0 aliphatic carbocycles. The molecule has 0 saturated heterocycles. The van der Waals surface area contributed by atoms with Crippen LogP contribution in [0.25, 0.3) is 0 Å². The smallest absolute Gasteiger partial charge is 0.152 e. The van der Waals surface area contributed by atoms with Crippen LogP contribution in [-0.4, -0.2) is 30.3 Å². The molecular formula is C11H20N2O. The Balaban J connectivity index is 4.07. The van der Waals surface area contributed by atoms with Gasteiger partial charge in [0.25, 0.3) is 0 Å². The second-order valence-electron chi connectivity index (χ2n) is 4.45. The Kier molecular flexibility index (Phi) is 5.40. The largest absolute Gasteiger partial charge is 0.298 e. The van der Waals surface area contributed by atoms with Gasteiger partial charge in [-0.2, -0.15) is 5.26 Å². The number of carbonyl (C=O) groups is 1. The van der Waals surface area contributed by atoms with Crippen LogP contribution in [0.3, 0.4) is 0 Å². The molecule has 14 heavy (non-hydrogen) atoms. The quantitative estimate of drug-likeness (QED) is 0.674. The van der Waals surface area contributed by atoms with Crippen molar-refractivity contribution in [2.24, 2.45) is 5.41 Å². The summed E-state index contributed by atoms with van der Waals surface area (Å²) in [4.78, 5) is 13.7. The maximum absolute atomic E-state index is 11.7. The van der Waals surface area contributed by atoms with Crippen molar-refractivity contribution in [2.75, 3.05) is 19.6 Å². The predicted octanol–water partition coefficient (Wildman–Crippen LogP) is 1.84.